The van der Waals surface area contributed by atoms with Gasteiger partial charge in [-0.1, -0.05) is 12.1 Å². The Bertz CT molecular complexity index is 687. The SMILES string of the molecule is CN[C@@H](CCOc1ccc(SC)cc1)c1ccc(OC(=O)N(C)C)cc1. The standard InChI is InChI=1S/C20H26N2O3S/c1-21-19(13-14-24-16-9-11-18(26-4)12-10-16)15-5-7-17(8-6-15)25-20(23)22(2)3/h5-12,19,21H,13-14H2,1-4H3/t19-/m0/s1. The molecule has 0 aliphatic rings. The van der Waals surface area contributed by atoms with Crippen molar-refractivity contribution in [3.8, 4) is 11.5 Å². The molecule has 0 fully saturated rings. The first-order chi connectivity index (χ1) is 12.5. The Morgan fingerprint density at radius 1 is 1.08 bits per heavy atom. The van der Waals surface area contributed by atoms with E-state index in [2.05, 4.69) is 23.7 Å². The van der Waals surface area contributed by atoms with Crippen molar-refractivity contribution in [3.63, 3.8) is 0 Å². The quantitative estimate of drug-likeness (QED) is 0.702. The summed E-state index contributed by atoms with van der Waals surface area (Å²) in [5.41, 5.74) is 1.12. The van der Waals surface area contributed by atoms with Crippen LogP contribution in [-0.2, 0) is 0 Å². The van der Waals surface area contributed by atoms with Crippen LogP contribution in [0.1, 0.15) is 18.0 Å². The molecule has 0 bridgehead atoms. The number of thioether (sulfide) groups is 1. The highest BCUT2D eigenvalue weighted by atomic mass is 32.2. The Morgan fingerprint density at radius 2 is 1.69 bits per heavy atom. The Labute approximate surface area is 159 Å². The molecule has 0 heterocycles. The molecule has 26 heavy (non-hydrogen) atoms. The minimum Gasteiger partial charge on any atom is -0.494 e. The van der Waals surface area contributed by atoms with E-state index in [4.69, 9.17) is 9.47 Å². The zero-order chi connectivity index (χ0) is 18.9. The minimum absolute atomic E-state index is 0.166. The molecule has 6 heteroatoms. The van der Waals surface area contributed by atoms with E-state index in [1.54, 1.807) is 25.9 Å². The second kappa shape index (κ2) is 10.1. The van der Waals surface area contributed by atoms with Gasteiger partial charge in [-0.05, 0) is 55.3 Å². The highest BCUT2D eigenvalue weighted by Gasteiger charge is 2.11. The third-order valence-corrected chi connectivity index (χ3v) is 4.68. The Balaban J connectivity index is 1.88. The van der Waals surface area contributed by atoms with Gasteiger partial charge in [0.15, 0.2) is 0 Å². The molecule has 2 rings (SSSR count). The second-order valence-corrected chi connectivity index (χ2v) is 6.87. The Kier molecular flexibility index (Phi) is 7.81. The lowest BCUT2D eigenvalue weighted by Crippen LogP contribution is -2.25. The molecule has 1 N–H and O–H groups in total. The van der Waals surface area contributed by atoms with Crippen molar-refractivity contribution in [3.05, 3.63) is 54.1 Å². The molecule has 0 radical (unpaired) electrons. The summed E-state index contributed by atoms with van der Waals surface area (Å²) in [5.74, 6) is 1.41. The average molecular weight is 375 g/mol. The lowest BCUT2D eigenvalue weighted by Gasteiger charge is -2.18. The average Bonchev–Trinajstić information content (AvgIpc) is 2.66. The molecule has 0 aliphatic heterocycles. The van der Waals surface area contributed by atoms with Crippen LogP contribution in [0.2, 0.25) is 0 Å². The number of carbonyl (C=O) groups is 1. The summed E-state index contributed by atoms with van der Waals surface area (Å²) in [6.07, 6.45) is 2.50. The van der Waals surface area contributed by atoms with E-state index in [-0.39, 0.29) is 12.1 Å². The largest absolute Gasteiger partial charge is 0.494 e. The van der Waals surface area contributed by atoms with Crippen LogP contribution in [0.4, 0.5) is 4.79 Å². The van der Waals surface area contributed by atoms with Crippen LogP contribution >= 0.6 is 11.8 Å². The van der Waals surface area contributed by atoms with Crippen LogP contribution < -0.4 is 14.8 Å². The summed E-state index contributed by atoms with van der Waals surface area (Å²) >= 11 is 1.71. The van der Waals surface area contributed by atoms with Crippen molar-refractivity contribution in [1.82, 2.24) is 10.2 Å². The number of nitrogens with zero attached hydrogens (tertiary/aromatic N) is 1. The molecule has 0 aromatic heterocycles. The van der Waals surface area contributed by atoms with Gasteiger partial charge >= 0.3 is 6.09 Å². The van der Waals surface area contributed by atoms with Crippen LogP contribution in [-0.4, -0.2) is 45.0 Å². The molecule has 5 nitrogen and oxygen atoms in total. The number of ether oxygens (including phenoxy) is 2. The molecule has 2 aromatic rings. The third-order valence-electron chi connectivity index (χ3n) is 3.94. The minimum atomic E-state index is -0.385. The highest BCUT2D eigenvalue weighted by Crippen LogP contribution is 2.22. The van der Waals surface area contributed by atoms with Gasteiger partial charge in [0.05, 0.1) is 6.61 Å². The molecular formula is C20H26N2O3S. The maximum absolute atomic E-state index is 11.6. The van der Waals surface area contributed by atoms with Crippen LogP contribution in [0.15, 0.2) is 53.4 Å². The Hall–Kier alpha value is -2.18. The molecule has 1 atom stereocenters. The van der Waals surface area contributed by atoms with Gasteiger partial charge in [-0.2, -0.15) is 0 Å². The summed E-state index contributed by atoms with van der Waals surface area (Å²) < 4.78 is 11.1. The van der Waals surface area contributed by atoms with E-state index in [9.17, 15) is 4.79 Å². The molecule has 0 saturated carbocycles. The zero-order valence-corrected chi connectivity index (χ0v) is 16.5. The number of hydrogen-bond acceptors (Lipinski definition) is 5. The summed E-state index contributed by atoms with van der Waals surface area (Å²) in [6, 6.07) is 15.8. The van der Waals surface area contributed by atoms with Gasteiger partial charge in [-0.25, -0.2) is 4.79 Å². The number of hydrogen-bond donors (Lipinski definition) is 1. The number of amides is 1. The number of rotatable bonds is 8. The summed E-state index contributed by atoms with van der Waals surface area (Å²) in [5, 5.41) is 3.30. The topological polar surface area (TPSA) is 50.8 Å². The van der Waals surface area contributed by atoms with Crippen molar-refractivity contribution in [2.24, 2.45) is 0 Å². The predicted octanol–water partition coefficient (Wildman–Crippen LogP) is 4.20. The summed E-state index contributed by atoms with van der Waals surface area (Å²) in [4.78, 5) is 14.2. The lowest BCUT2D eigenvalue weighted by atomic mass is 10.0. The van der Waals surface area contributed by atoms with Gasteiger partial charge in [-0.3, -0.25) is 0 Å². The van der Waals surface area contributed by atoms with Crippen molar-refractivity contribution < 1.29 is 14.3 Å². The molecule has 0 aliphatic carbocycles. The third kappa shape index (κ3) is 5.97. The van der Waals surface area contributed by atoms with Gasteiger partial charge in [0, 0.05) is 31.5 Å². The Morgan fingerprint density at radius 3 is 2.23 bits per heavy atom. The summed E-state index contributed by atoms with van der Waals surface area (Å²) in [7, 11) is 5.24. The van der Waals surface area contributed by atoms with E-state index in [0.29, 0.717) is 12.4 Å². The first-order valence-electron chi connectivity index (χ1n) is 8.46. The van der Waals surface area contributed by atoms with Gasteiger partial charge in [0.2, 0.25) is 0 Å². The maximum atomic E-state index is 11.6. The fourth-order valence-corrected chi connectivity index (χ4v) is 2.81. The van der Waals surface area contributed by atoms with Crippen LogP contribution in [0.25, 0.3) is 0 Å². The molecular weight excluding hydrogens is 348 g/mol. The van der Waals surface area contributed by atoms with Crippen molar-refractivity contribution in [1.29, 1.82) is 0 Å². The molecule has 0 unspecified atom stereocenters. The van der Waals surface area contributed by atoms with E-state index in [1.165, 1.54) is 9.80 Å². The monoisotopic (exact) mass is 374 g/mol. The fraction of sp³-hybridized carbons (Fsp3) is 0.350. The molecule has 2 aromatic carbocycles. The van der Waals surface area contributed by atoms with E-state index in [1.807, 2.05) is 43.4 Å². The van der Waals surface area contributed by atoms with Crippen LogP contribution in [0.3, 0.4) is 0 Å². The van der Waals surface area contributed by atoms with E-state index in [0.717, 1.165) is 17.7 Å². The normalized spacial score (nSPS) is 11.7. The highest BCUT2D eigenvalue weighted by molar-refractivity contribution is 7.98. The van der Waals surface area contributed by atoms with Gasteiger partial charge < -0.3 is 19.7 Å². The summed E-state index contributed by atoms with van der Waals surface area (Å²) in [6.45, 7) is 0.613. The van der Waals surface area contributed by atoms with Gasteiger partial charge in [0.1, 0.15) is 11.5 Å². The van der Waals surface area contributed by atoms with E-state index >= 15 is 0 Å². The van der Waals surface area contributed by atoms with Gasteiger partial charge in [0.25, 0.3) is 0 Å². The fourth-order valence-electron chi connectivity index (χ4n) is 2.40. The zero-order valence-electron chi connectivity index (χ0n) is 15.7. The van der Waals surface area contributed by atoms with Crippen LogP contribution in [0.5, 0.6) is 11.5 Å². The van der Waals surface area contributed by atoms with Crippen molar-refractivity contribution in [2.45, 2.75) is 17.4 Å². The molecule has 140 valence electrons. The molecule has 0 saturated heterocycles. The first-order valence-corrected chi connectivity index (χ1v) is 9.69. The number of benzene rings is 2. The van der Waals surface area contributed by atoms with Crippen molar-refractivity contribution in [2.75, 3.05) is 34.0 Å². The maximum Gasteiger partial charge on any atom is 0.414 e. The lowest BCUT2D eigenvalue weighted by molar-refractivity contribution is 0.172. The molecule has 0 spiro atoms. The second-order valence-electron chi connectivity index (χ2n) is 5.99. The van der Waals surface area contributed by atoms with Gasteiger partial charge in [-0.15, -0.1) is 11.8 Å². The van der Waals surface area contributed by atoms with Crippen LogP contribution in [0, 0.1) is 0 Å². The number of carbonyl (C=O) groups excluding carboxylic acids is 1. The first kappa shape index (κ1) is 20.1. The molecule has 1 amide bonds. The van der Waals surface area contributed by atoms with E-state index < -0.39 is 0 Å². The predicted molar refractivity (Wildman–Crippen MR) is 106 cm³/mol. The number of nitrogens with one attached hydrogen (secondary N) is 1. The van der Waals surface area contributed by atoms with Crippen molar-refractivity contribution >= 4 is 17.9 Å². The smallest absolute Gasteiger partial charge is 0.414 e.